The first-order valence-corrected chi connectivity index (χ1v) is 7.30. The van der Waals surface area contributed by atoms with Crippen molar-refractivity contribution in [1.82, 2.24) is 9.62 Å². The number of hydrogen-bond acceptors (Lipinski definition) is 4. The van der Waals surface area contributed by atoms with Crippen LogP contribution in [0.1, 0.15) is 6.92 Å². The Bertz CT molecular complexity index is 587. The summed E-state index contributed by atoms with van der Waals surface area (Å²) < 4.78 is 26.5. The van der Waals surface area contributed by atoms with Crippen LogP contribution in [-0.4, -0.2) is 39.4 Å². The summed E-state index contributed by atoms with van der Waals surface area (Å²) in [6, 6.07) is 3.24. The minimum absolute atomic E-state index is 0.0474. The first kappa shape index (κ1) is 15.7. The van der Waals surface area contributed by atoms with Crippen LogP contribution < -0.4 is 10.5 Å². The Balaban J connectivity index is 3.05. The van der Waals surface area contributed by atoms with E-state index in [1.165, 1.54) is 30.0 Å². The standard InChI is InChI=1S/C11H16ClN3O3S/c1-7(11(16)15(2)3)14-19(17,18)10-6-8(13)4-5-9(10)12/h4-7,14H,13H2,1-3H3. The highest BCUT2D eigenvalue weighted by atomic mass is 35.5. The number of nitrogens with two attached hydrogens (primary N) is 1. The number of likely N-dealkylation sites (N-methyl/N-ethyl adjacent to an activating group) is 1. The molecule has 19 heavy (non-hydrogen) atoms. The van der Waals surface area contributed by atoms with E-state index in [1.54, 1.807) is 14.1 Å². The molecule has 106 valence electrons. The van der Waals surface area contributed by atoms with Gasteiger partial charge in [0.2, 0.25) is 15.9 Å². The molecule has 0 aliphatic carbocycles. The van der Waals surface area contributed by atoms with Gasteiger partial charge in [-0.25, -0.2) is 8.42 Å². The minimum Gasteiger partial charge on any atom is -0.399 e. The van der Waals surface area contributed by atoms with Crippen molar-refractivity contribution in [2.24, 2.45) is 0 Å². The molecule has 0 bridgehead atoms. The molecule has 0 saturated heterocycles. The number of nitrogen functional groups attached to an aromatic ring is 1. The Morgan fingerprint density at radius 1 is 1.42 bits per heavy atom. The van der Waals surface area contributed by atoms with E-state index in [1.807, 2.05) is 0 Å². The van der Waals surface area contributed by atoms with Crippen molar-refractivity contribution in [2.45, 2.75) is 17.9 Å². The van der Waals surface area contributed by atoms with Crippen LogP contribution in [0.5, 0.6) is 0 Å². The second-order valence-corrected chi connectivity index (χ2v) is 6.36. The van der Waals surface area contributed by atoms with E-state index < -0.39 is 16.1 Å². The van der Waals surface area contributed by atoms with E-state index in [0.29, 0.717) is 0 Å². The van der Waals surface area contributed by atoms with Crippen molar-refractivity contribution in [1.29, 1.82) is 0 Å². The molecule has 0 spiro atoms. The van der Waals surface area contributed by atoms with Gasteiger partial charge in [0.15, 0.2) is 0 Å². The summed E-state index contributed by atoms with van der Waals surface area (Å²) in [7, 11) is -0.816. The topological polar surface area (TPSA) is 92.5 Å². The molecule has 1 atom stereocenters. The van der Waals surface area contributed by atoms with Crippen LogP contribution in [-0.2, 0) is 14.8 Å². The molecule has 0 heterocycles. The third-order valence-corrected chi connectivity index (χ3v) is 4.41. The Hall–Kier alpha value is -1.31. The SMILES string of the molecule is CC(NS(=O)(=O)c1cc(N)ccc1Cl)C(=O)N(C)C. The van der Waals surface area contributed by atoms with Gasteiger partial charge in [-0.05, 0) is 25.1 Å². The van der Waals surface area contributed by atoms with Crippen molar-refractivity contribution >= 4 is 33.2 Å². The van der Waals surface area contributed by atoms with Crippen LogP contribution in [0, 0.1) is 0 Å². The number of nitrogens with zero attached hydrogens (tertiary/aromatic N) is 1. The predicted molar refractivity (Wildman–Crippen MR) is 74.3 cm³/mol. The van der Waals surface area contributed by atoms with Gasteiger partial charge < -0.3 is 10.6 Å². The highest BCUT2D eigenvalue weighted by Crippen LogP contribution is 2.23. The number of rotatable bonds is 4. The molecule has 1 unspecified atom stereocenters. The van der Waals surface area contributed by atoms with E-state index >= 15 is 0 Å². The van der Waals surface area contributed by atoms with Gasteiger partial charge >= 0.3 is 0 Å². The third kappa shape index (κ3) is 3.82. The normalized spacial score (nSPS) is 13.1. The van der Waals surface area contributed by atoms with Crippen LogP contribution in [0.15, 0.2) is 23.1 Å². The second kappa shape index (κ2) is 5.77. The number of sulfonamides is 1. The van der Waals surface area contributed by atoms with Crippen molar-refractivity contribution in [2.75, 3.05) is 19.8 Å². The van der Waals surface area contributed by atoms with Crippen LogP contribution in [0.4, 0.5) is 5.69 Å². The minimum atomic E-state index is -3.90. The fourth-order valence-electron chi connectivity index (χ4n) is 1.46. The smallest absolute Gasteiger partial charge is 0.242 e. The molecule has 1 aromatic rings. The molecule has 0 aromatic heterocycles. The number of hydrogen-bond donors (Lipinski definition) is 2. The molecule has 1 aromatic carbocycles. The van der Waals surface area contributed by atoms with Crippen LogP contribution >= 0.6 is 11.6 Å². The van der Waals surface area contributed by atoms with Gasteiger partial charge in [-0.15, -0.1) is 0 Å². The van der Waals surface area contributed by atoms with Gasteiger partial charge in [-0.1, -0.05) is 11.6 Å². The van der Waals surface area contributed by atoms with Crippen molar-refractivity contribution in [3.05, 3.63) is 23.2 Å². The van der Waals surface area contributed by atoms with E-state index in [0.717, 1.165) is 0 Å². The van der Waals surface area contributed by atoms with Crippen molar-refractivity contribution in [3.8, 4) is 0 Å². The van der Waals surface area contributed by atoms with Crippen LogP contribution in [0.3, 0.4) is 0 Å². The lowest BCUT2D eigenvalue weighted by atomic mass is 10.3. The molecule has 0 radical (unpaired) electrons. The molecule has 0 aliphatic rings. The molecule has 0 aliphatic heterocycles. The maximum atomic E-state index is 12.1. The highest BCUT2D eigenvalue weighted by Gasteiger charge is 2.25. The number of benzene rings is 1. The largest absolute Gasteiger partial charge is 0.399 e. The molecule has 1 rings (SSSR count). The zero-order chi connectivity index (χ0) is 14.8. The number of nitrogens with one attached hydrogen (secondary N) is 1. The van der Waals surface area contributed by atoms with Gasteiger partial charge in [0.25, 0.3) is 0 Å². The first-order chi connectivity index (χ1) is 8.65. The fourth-order valence-corrected chi connectivity index (χ4v) is 3.19. The summed E-state index contributed by atoms with van der Waals surface area (Å²) in [5, 5.41) is 0.0474. The average molecular weight is 306 g/mol. The van der Waals surface area contributed by atoms with Crippen molar-refractivity contribution < 1.29 is 13.2 Å². The third-order valence-electron chi connectivity index (χ3n) is 2.39. The molecule has 0 saturated carbocycles. The molecular weight excluding hydrogens is 290 g/mol. The van der Waals surface area contributed by atoms with E-state index in [9.17, 15) is 13.2 Å². The maximum Gasteiger partial charge on any atom is 0.242 e. The summed E-state index contributed by atoms with van der Waals surface area (Å²) >= 11 is 5.84. The first-order valence-electron chi connectivity index (χ1n) is 5.43. The quantitative estimate of drug-likeness (QED) is 0.800. The van der Waals surface area contributed by atoms with E-state index in [-0.39, 0.29) is 21.5 Å². The lowest BCUT2D eigenvalue weighted by molar-refractivity contribution is -0.130. The van der Waals surface area contributed by atoms with Gasteiger partial charge in [-0.3, -0.25) is 4.79 Å². The Morgan fingerprint density at radius 2 is 2.00 bits per heavy atom. The van der Waals surface area contributed by atoms with Crippen molar-refractivity contribution in [3.63, 3.8) is 0 Å². The summed E-state index contributed by atoms with van der Waals surface area (Å²) in [4.78, 5) is 12.8. The summed E-state index contributed by atoms with van der Waals surface area (Å²) in [6.07, 6.45) is 0. The molecule has 8 heteroatoms. The zero-order valence-corrected chi connectivity index (χ0v) is 12.4. The maximum absolute atomic E-state index is 12.1. The Kier molecular flexibility index (Phi) is 4.78. The Labute approximate surface area is 117 Å². The molecule has 3 N–H and O–H groups in total. The number of carbonyl (C=O) groups is 1. The zero-order valence-electron chi connectivity index (χ0n) is 10.8. The number of halogens is 1. The molecular formula is C11H16ClN3O3S. The number of anilines is 1. The summed E-state index contributed by atoms with van der Waals surface area (Å²) in [6.45, 7) is 1.46. The van der Waals surface area contributed by atoms with E-state index in [2.05, 4.69) is 4.72 Å². The van der Waals surface area contributed by atoms with Gasteiger partial charge in [0, 0.05) is 19.8 Å². The fraction of sp³-hybridized carbons (Fsp3) is 0.364. The lowest BCUT2D eigenvalue weighted by Gasteiger charge is -2.18. The number of carbonyl (C=O) groups excluding carboxylic acids is 1. The van der Waals surface area contributed by atoms with Gasteiger partial charge in [0.05, 0.1) is 11.1 Å². The lowest BCUT2D eigenvalue weighted by Crippen LogP contribution is -2.44. The van der Waals surface area contributed by atoms with Gasteiger partial charge in [0.1, 0.15) is 4.90 Å². The van der Waals surface area contributed by atoms with Gasteiger partial charge in [-0.2, -0.15) is 4.72 Å². The monoisotopic (exact) mass is 305 g/mol. The Morgan fingerprint density at radius 3 is 2.53 bits per heavy atom. The van der Waals surface area contributed by atoms with Crippen LogP contribution in [0.2, 0.25) is 5.02 Å². The van der Waals surface area contributed by atoms with Crippen LogP contribution in [0.25, 0.3) is 0 Å². The molecule has 6 nitrogen and oxygen atoms in total. The second-order valence-electron chi connectivity index (χ2n) is 4.27. The number of amides is 1. The molecule has 1 amide bonds. The average Bonchev–Trinajstić information content (AvgIpc) is 2.30. The highest BCUT2D eigenvalue weighted by molar-refractivity contribution is 7.89. The molecule has 0 fully saturated rings. The predicted octanol–water partition coefficient (Wildman–Crippen LogP) is 0.677. The summed E-state index contributed by atoms with van der Waals surface area (Å²) in [5.74, 6) is -0.358. The summed E-state index contributed by atoms with van der Waals surface area (Å²) in [5.41, 5.74) is 5.81. The van der Waals surface area contributed by atoms with E-state index in [4.69, 9.17) is 17.3 Å².